The highest BCUT2D eigenvalue weighted by atomic mass is 19.4. The van der Waals surface area contributed by atoms with Crippen LogP contribution in [0.3, 0.4) is 0 Å². The van der Waals surface area contributed by atoms with Crippen LogP contribution < -0.4 is 10.2 Å². The number of para-hydroxylation sites is 1. The van der Waals surface area contributed by atoms with E-state index in [1.165, 1.54) is 12.4 Å². The van der Waals surface area contributed by atoms with Crippen LogP contribution in [0.25, 0.3) is 16.6 Å². The number of alkyl halides is 3. The number of aryl methyl sites for hydroxylation is 1. The number of fused-ring (bicyclic) bond motifs is 3. The molecular weight excluding hydrogens is 473 g/mol. The zero-order valence-electron chi connectivity index (χ0n) is 19.8. The second-order valence-electron chi connectivity index (χ2n) is 9.23. The maximum atomic E-state index is 13.5. The first-order valence-corrected chi connectivity index (χ1v) is 11.7. The molecule has 1 aliphatic heterocycles. The van der Waals surface area contributed by atoms with E-state index >= 15 is 0 Å². The highest BCUT2D eigenvalue weighted by Gasteiger charge is 2.42. The third-order valence-corrected chi connectivity index (χ3v) is 6.66. The molecule has 36 heavy (non-hydrogen) atoms. The van der Waals surface area contributed by atoms with E-state index in [4.69, 9.17) is 4.98 Å². The van der Waals surface area contributed by atoms with Gasteiger partial charge in [0.1, 0.15) is 6.33 Å². The molecule has 3 heterocycles. The van der Waals surface area contributed by atoms with Crippen LogP contribution in [0.1, 0.15) is 47.3 Å². The van der Waals surface area contributed by atoms with Gasteiger partial charge in [-0.25, -0.2) is 9.78 Å². The number of rotatable bonds is 5. The Morgan fingerprint density at radius 1 is 1.25 bits per heavy atom. The van der Waals surface area contributed by atoms with Crippen LogP contribution in [-0.2, 0) is 0 Å². The van der Waals surface area contributed by atoms with Crippen molar-refractivity contribution in [1.29, 1.82) is 0 Å². The lowest BCUT2D eigenvalue weighted by molar-refractivity contribution is -0.176. The molecule has 0 amide bonds. The van der Waals surface area contributed by atoms with Crippen LogP contribution in [0.2, 0.25) is 0 Å². The van der Waals surface area contributed by atoms with Crippen LogP contribution in [0, 0.1) is 12.8 Å². The predicted molar refractivity (Wildman–Crippen MR) is 129 cm³/mol. The van der Waals surface area contributed by atoms with Crippen molar-refractivity contribution < 1.29 is 23.1 Å². The van der Waals surface area contributed by atoms with Crippen molar-refractivity contribution in [2.75, 3.05) is 23.3 Å². The highest BCUT2D eigenvalue weighted by Crippen LogP contribution is 2.36. The van der Waals surface area contributed by atoms with Gasteiger partial charge in [0.15, 0.2) is 5.65 Å². The number of carboxylic acids is 1. The average Bonchev–Trinajstić information content (AvgIpc) is 3.33. The number of hydrogen-bond acceptors (Lipinski definition) is 6. The molecule has 2 atom stereocenters. The lowest BCUT2D eigenvalue weighted by Gasteiger charge is -2.34. The molecule has 1 saturated heterocycles. The van der Waals surface area contributed by atoms with E-state index in [2.05, 4.69) is 15.5 Å². The summed E-state index contributed by atoms with van der Waals surface area (Å²) >= 11 is 0. The Balaban J connectivity index is 1.62. The van der Waals surface area contributed by atoms with Gasteiger partial charge in [-0.15, -0.1) is 10.2 Å². The van der Waals surface area contributed by atoms with Crippen LogP contribution in [0.15, 0.2) is 42.7 Å². The Kier molecular flexibility index (Phi) is 5.93. The Morgan fingerprint density at radius 2 is 2.03 bits per heavy atom. The molecule has 2 aromatic heterocycles. The van der Waals surface area contributed by atoms with Gasteiger partial charge in [-0.1, -0.05) is 18.2 Å². The second-order valence-corrected chi connectivity index (χ2v) is 9.23. The molecule has 0 aliphatic carbocycles. The summed E-state index contributed by atoms with van der Waals surface area (Å²) in [6.45, 7) is 4.08. The summed E-state index contributed by atoms with van der Waals surface area (Å²) in [6, 6.07) is 10.1. The molecular formula is C25H25F3N6O2. The largest absolute Gasteiger partial charge is 0.478 e. The molecule has 0 bridgehead atoms. The standard InChI is InChI=1S/C25H25F3N6O2/c1-14-10-18(15(2)30-20-8-4-3-7-17(20)23(35)36)21-19(11-14)22-32-29-13-34(22)24(31-21)33-9-5-6-16(12-33)25(26,27)28/h3-4,7-8,10-11,13,15-16,30H,5-6,9,12H2,1-2H3,(H,35,36)/t15-,16-/m1/s1. The van der Waals surface area contributed by atoms with Gasteiger partial charge in [-0.05, 0) is 50.5 Å². The van der Waals surface area contributed by atoms with E-state index in [0.717, 1.165) is 16.5 Å². The van der Waals surface area contributed by atoms with Crippen molar-refractivity contribution >= 4 is 34.2 Å². The monoisotopic (exact) mass is 498 g/mol. The number of carboxylic acid groups (broad SMARTS) is 1. The Morgan fingerprint density at radius 3 is 2.78 bits per heavy atom. The average molecular weight is 499 g/mol. The Hall–Kier alpha value is -3.89. The van der Waals surface area contributed by atoms with E-state index in [-0.39, 0.29) is 24.6 Å². The minimum absolute atomic E-state index is 0.0906. The molecule has 188 valence electrons. The van der Waals surface area contributed by atoms with Crippen LogP contribution >= 0.6 is 0 Å². The smallest absolute Gasteiger partial charge is 0.393 e. The molecule has 11 heteroatoms. The molecule has 5 rings (SSSR count). The number of carbonyl (C=O) groups is 1. The fourth-order valence-electron chi connectivity index (χ4n) is 4.91. The summed E-state index contributed by atoms with van der Waals surface area (Å²) < 4.78 is 42.2. The van der Waals surface area contributed by atoms with Crippen molar-refractivity contribution in [2.24, 2.45) is 5.92 Å². The molecule has 1 fully saturated rings. The highest BCUT2D eigenvalue weighted by molar-refractivity contribution is 5.96. The number of halogens is 3. The van der Waals surface area contributed by atoms with E-state index < -0.39 is 18.1 Å². The first kappa shape index (κ1) is 23.8. The van der Waals surface area contributed by atoms with Gasteiger partial charge >= 0.3 is 12.1 Å². The van der Waals surface area contributed by atoms with Gasteiger partial charge in [0.05, 0.1) is 23.0 Å². The van der Waals surface area contributed by atoms with Crippen molar-refractivity contribution in [1.82, 2.24) is 19.6 Å². The summed E-state index contributed by atoms with van der Waals surface area (Å²) in [6.07, 6.45) is -2.31. The summed E-state index contributed by atoms with van der Waals surface area (Å²) in [5.41, 5.74) is 3.40. The minimum Gasteiger partial charge on any atom is -0.478 e. The molecule has 0 saturated carbocycles. The van der Waals surface area contributed by atoms with Crippen molar-refractivity contribution in [3.05, 3.63) is 59.4 Å². The maximum Gasteiger partial charge on any atom is 0.393 e. The molecule has 0 unspecified atom stereocenters. The first-order valence-electron chi connectivity index (χ1n) is 11.7. The number of aromatic nitrogens is 4. The topological polar surface area (TPSA) is 95.6 Å². The normalized spacial score (nSPS) is 17.5. The third kappa shape index (κ3) is 4.29. The Bertz CT molecular complexity index is 1450. The molecule has 0 spiro atoms. The lowest BCUT2D eigenvalue weighted by Crippen LogP contribution is -2.42. The third-order valence-electron chi connectivity index (χ3n) is 6.66. The maximum absolute atomic E-state index is 13.5. The minimum atomic E-state index is -4.28. The van der Waals surface area contributed by atoms with Gasteiger partial charge in [-0.3, -0.25) is 4.40 Å². The quantitative estimate of drug-likeness (QED) is 0.389. The SMILES string of the molecule is Cc1cc([C@@H](C)Nc2ccccc2C(=O)O)c2nc(N3CCC[C@@H](C(F)(F)F)C3)n3cnnc3c2c1. The zero-order valence-corrected chi connectivity index (χ0v) is 19.8. The molecule has 2 N–H and O–H groups in total. The number of aromatic carboxylic acids is 1. The number of nitrogens with one attached hydrogen (secondary N) is 1. The number of hydrogen-bond donors (Lipinski definition) is 2. The first-order chi connectivity index (χ1) is 17.1. The zero-order chi connectivity index (χ0) is 25.6. The second kappa shape index (κ2) is 8.96. The van der Waals surface area contributed by atoms with Gasteiger partial charge in [0.2, 0.25) is 5.95 Å². The van der Waals surface area contributed by atoms with Crippen LogP contribution in [0.4, 0.5) is 24.8 Å². The molecule has 8 nitrogen and oxygen atoms in total. The van der Waals surface area contributed by atoms with Crippen molar-refractivity contribution in [3.8, 4) is 0 Å². The van der Waals surface area contributed by atoms with Gasteiger partial charge in [-0.2, -0.15) is 13.2 Å². The number of nitrogens with zero attached hydrogens (tertiary/aromatic N) is 5. The van der Waals surface area contributed by atoms with Gasteiger partial charge < -0.3 is 15.3 Å². The number of piperidine rings is 1. The fourth-order valence-corrected chi connectivity index (χ4v) is 4.91. The summed E-state index contributed by atoms with van der Waals surface area (Å²) in [5, 5.41) is 21.8. The van der Waals surface area contributed by atoms with E-state index in [1.54, 1.807) is 27.5 Å². The van der Waals surface area contributed by atoms with Crippen LogP contribution in [0.5, 0.6) is 0 Å². The molecule has 4 aromatic rings. The van der Waals surface area contributed by atoms with Crippen molar-refractivity contribution in [2.45, 2.75) is 38.9 Å². The molecule has 1 aliphatic rings. The van der Waals surface area contributed by atoms with Gasteiger partial charge in [0, 0.05) is 29.7 Å². The summed E-state index contributed by atoms with van der Waals surface area (Å²) in [5.74, 6) is -2.12. The fraction of sp³-hybridized carbons (Fsp3) is 0.360. The van der Waals surface area contributed by atoms with Gasteiger partial charge in [0.25, 0.3) is 0 Å². The van der Waals surface area contributed by atoms with E-state index in [9.17, 15) is 23.1 Å². The lowest BCUT2D eigenvalue weighted by atomic mass is 9.97. The Labute approximate surface area is 204 Å². The van der Waals surface area contributed by atoms with Crippen molar-refractivity contribution in [3.63, 3.8) is 0 Å². The number of anilines is 2. The van der Waals surface area contributed by atoms with E-state index in [1.807, 2.05) is 26.0 Å². The van der Waals surface area contributed by atoms with E-state index in [0.29, 0.717) is 35.8 Å². The van der Waals surface area contributed by atoms with Crippen LogP contribution in [-0.4, -0.2) is 49.9 Å². The summed E-state index contributed by atoms with van der Waals surface area (Å²) in [7, 11) is 0. The summed E-state index contributed by atoms with van der Waals surface area (Å²) in [4.78, 5) is 18.2. The molecule has 2 aromatic carbocycles. The predicted octanol–water partition coefficient (Wildman–Crippen LogP) is 5.24. The molecule has 0 radical (unpaired) electrons. The number of benzene rings is 2.